The van der Waals surface area contributed by atoms with Gasteiger partial charge in [-0.1, -0.05) is 44.0 Å². The summed E-state index contributed by atoms with van der Waals surface area (Å²) in [6, 6.07) is 8.70. The van der Waals surface area contributed by atoms with Crippen LogP contribution < -0.4 is 10.1 Å². The number of nitrogens with one attached hydrogen (secondary N) is 1. The van der Waals surface area contributed by atoms with Crippen molar-refractivity contribution in [1.29, 1.82) is 0 Å². The van der Waals surface area contributed by atoms with Crippen LogP contribution >= 0.6 is 34.5 Å². The quantitative estimate of drug-likeness (QED) is 0.282. The van der Waals surface area contributed by atoms with Crippen LogP contribution in [0.5, 0.6) is 5.75 Å². The Kier molecular flexibility index (Phi) is 6.43. The summed E-state index contributed by atoms with van der Waals surface area (Å²) in [6.07, 6.45) is 1.66. The number of fused-ring (bicyclic) bond motifs is 2. The molecule has 2 aromatic carbocycles. The van der Waals surface area contributed by atoms with Gasteiger partial charge in [-0.05, 0) is 47.4 Å². The first-order chi connectivity index (χ1) is 17.0. The molecule has 36 heavy (non-hydrogen) atoms. The van der Waals surface area contributed by atoms with Crippen LogP contribution in [0.2, 0.25) is 10.0 Å². The molecule has 186 valence electrons. The molecular formula is C27H22Cl2F2N2O2S. The van der Waals surface area contributed by atoms with E-state index < -0.39 is 23.1 Å². The first-order valence-electron chi connectivity index (χ1n) is 11.3. The highest BCUT2D eigenvalue weighted by Gasteiger charge is 2.32. The summed E-state index contributed by atoms with van der Waals surface area (Å²) in [6.45, 7) is 6.33. The highest BCUT2D eigenvalue weighted by atomic mass is 35.5. The number of amides is 1. The van der Waals surface area contributed by atoms with Gasteiger partial charge in [-0.2, -0.15) is 0 Å². The number of nitrogens with zero attached hydrogens (tertiary/aromatic N) is 1. The number of benzene rings is 2. The van der Waals surface area contributed by atoms with Crippen molar-refractivity contribution in [3.8, 4) is 16.9 Å². The first-order valence-corrected chi connectivity index (χ1v) is 12.9. The maximum Gasteiger partial charge on any atom is 0.262 e. The Balaban J connectivity index is 1.65. The average molecular weight is 547 g/mol. The Bertz CT molecular complexity index is 1490. The van der Waals surface area contributed by atoms with Crippen LogP contribution in [0.4, 0.5) is 8.78 Å². The molecule has 3 heterocycles. The molecule has 1 atom stereocenters. The summed E-state index contributed by atoms with van der Waals surface area (Å²) in [7, 11) is 0. The summed E-state index contributed by atoms with van der Waals surface area (Å²) in [5, 5.41) is 3.79. The normalized spacial score (nSPS) is 15.5. The maximum atomic E-state index is 15.2. The minimum Gasteiger partial charge on any atom is -0.493 e. The molecule has 4 nitrogen and oxygen atoms in total. The molecule has 0 saturated carbocycles. The molecule has 1 amide bonds. The molecule has 0 fully saturated rings. The number of carbonyl (C=O) groups excluding carboxylic acids is 1. The second-order valence-electron chi connectivity index (χ2n) is 9.72. The lowest BCUT2D eigenvalue weighted by Crippen LogP contribution is -2.33. The van der Waals surface area contributed by atoms with Crippen molar-refractivity contribution >= 4 is 50.7 Å². The van der Waals surface area contributed by atoms with E-state index in [2.05, 4.69) is 10.3 Å². The fourth-order valence-corrected chi connectivity index (χ4v) is 6.53. The number of rotatable bonds is 3. The molecule has 0 bridgehead atoms. The fraction of sp³-hybridized carbons (Fsp3) is 0.259. The molecule has 0 aliphatic carbocycles. The van der Waals surface area contributed by atoms with Gasteiger partial charge in [-0.25, -0.2) is 8.78 Å². The highest BCUT2D eigenvalue weighted by Crippen LogP contribution is 2.44. The second kappa shape index (κ2) is 9.29. The molecular weight excluding hydrogens is 525 g/mol. The first kappa shape index (κ1) is 24.9. The van der Waals surface area contributed by atoms with Gasteiger partial charge in [0.15, 0.2) is 5.82 Å². The zero-order valence-corrected chi connectivity index (χ0v) is 22.0. The van der Waals surface area contributed by atoms with E-state index in [1.807, 2.05) is 20.8 Å². The summed E-state index contributed by atoms with van der Waals surface area (Å²) >= 11 is 13.6. The molecule has 1 N–H and O–H groups in total. The van der Waals surface area contributed by atoms with Gasteiger partial charge in [0.1, 0.15) is 11.6 Å². The van der Waals surface area contributed by atoms with Crippen LogP contribution in [0.15, 0.2) is 42.6 Å². The van der Waals surface area contributed by atoms with E-state index in [0.717, 1.165) is 6.20 Å². The van der Waals surface area contributed by atoms with Crippen molar-refractivity contribution in [1.82, 2.24) is 10.3 Å². The van der Waals surface area contributed by atoms with E-state index in [1.54, 1.807) is 24.3 Å². The lowest BCUT2D eigenvalue weighted by atomic mass is 9.85. The number of pyridine rings is 1. The van der Waals surface area contributed by atoms with Crippen LogP contribution in [-0.2, 0) is 5.41 Å². The molecule has 2 aromatic heterocycles. The van der Waals surface area contributed by atoms with E-state index in [4.69, 9.17) is 27.9 Å². The van der Waals surface area contributed by atoms with Crippen LogP contribution in [0.25, 0.3) is 21.3 Å². The number of aromatic nitrogens is 1. The summed E-state index contributed by atoms with van der Waals surface area (Å²) < 4.78 is 35.3. The van der Waals surface area contributed by atoms with Gasteiger partial charge in [0.2, 0.25) is 0 Å². The lowest BCUT2D eigenvalue weighted by molar-refractivity contribution is 0.0927. The molecule has 1 aliphatic heterocycles. The van der Waals surface area contributed by atoms with Crippen LogP contribution in [0.3, 0.4) is 0 Å². The second-order valence-corrected chi connectivity index (χ2v) is 11.6. The number of halogens is 4. The molecule has 4 aromatic rings. The fourth-order valence-electron chi connectivity index (χ4n) is 4.57. The number of hydrogen-bond acceptors (Lipinski definition) is 4. The lowest BCUT2D eigenvalue weighted by Gasteiger charge is -2.27. The van der Waals surface area contributed by atoms with Crippen molar-refractivity contribution < 1.29 is 18.3 Å². The summed E-state index contributed by atoms with van der Waals surface area (Å²) in [4.78, 5) is 18.5. The molecule has 0 radical (unpaired) electrons. The highest BCUT2D eigenvalue weighted by molar-refractivity contribution is 7.21. The summed E-state index contributed by atoms with van der Waals surface area (Å²) in [5.74, 6) is -0.728. The van der Waals surface area contributed by atoms with E-state index in [0.29, 0.717) is 60.6 Å². The molecule has 1 aliphatic rings. The topological polar surface area (TPSA) is 51.2 Å². The molecule has 5 rings (SSSR count). The van der Waals surface area contributed by atoms with Crippen molar-refractivity contribution in [2.24, 2.45) is 0 Å². The average Bonchev–Trinajstić information content (AvgIpc) is 3.19. The SMILES string of the molecule is CC(C)(C)c1c(C(=O)NC2CCOc3ccc(F)cc32)sc2c(-c3cc(Cl)cc(Cl)c3)c(F)cnc12. The smallest absolute Gasteiger partial charge is 0.262 e. The van der Waals surface area contributed by atoms with Crippen molar-refractivity contribution in [2.75, 3.05) is 6.61 Å². The molecule has 1 unspecified atom stereocenters. The predicted molar refractivity (Wildman–Crippen MR) is 140 cm³/mol. The zero-order chi connectivity index (χ0) is 25.8. The number of ether oxygens (including phenoxy) is 1. The van der Waals surface area contributed by atoms with Gasteiger partial charge in [-0.15, -0.1) is 11.3 Å². The van der Waals surface area contributed by atoms with E-state index >= 15 is 4.39 Å². The van der Waals surface area contributed by atoms with Crippen LogP contribution in [-0.4, -0.2) is 17.5 Å². The zero-order valence-electron chi connectivity index (χ0n) is 19.7. The maximum absolute atomic E-state index is 15.2. The Hall–Kier alpha value is -2.74. The van der Waals surface area contributed by atoms with E-state index in [9.17, 15) is 9.18 Å². The predicted octanol–water partition coefficient (Wildman–Crippen LogP) is 8.10. The standard InChI is InChI=1S/C27H22Cl2F2N2O2S/c1-27(2,3)22-23-24(21(18(31)12-32-23)13-8-14(28)10-15(29)9-13)36-25(22)26(34)33-19-6-7-35-20-5-4-16(30)11-17(19)20/h4-5,8-12,19H,6-7H2,1-3H3,(H,33,34). The van der Waals surface area contributed by atoms with Gasteiger partial charge < -0.3 is 10.1 Å². The van der Waals surface area contributed by atoms with Gasteiger partial charge in [-0.3, -0.25) is 9.78 Å². The van der Waals surface area contributed by atoms with E-state index in [-0.39, 0.29) is 11.5 Å². The number of carbonyl (C=O) groups is 1. The number of thiophene rings is 1. The third kappa shape index (κ3) is 4.56. The van der Waals surface area contributed by atoms with Crippen molar-refractivity contribution in [3.63, 3.8) is 0 Å². The Morgan fingerprint density at radius 2 is 1.86 bits per heavy atom. The Morgan fingerprint density at radius 1 is 1.14 bits per heavy atom. The van der Waals surface area contributed by atoms with Gasteiger partial charge in [0.05, 0.1) is 33.9 Å². The van der Waals surface area contributed by atoms with Crippen molar-refractivity contribution in [2.45, 2.75) is 38.6 Å². The van der Waals surface area contributed by atoms with Gasteiger partial charge >= 0.3 is 0 Å². The van der Waals surface area contributed by atoms with Crippen LogP contribution in [0.1, 0.15) is 54.0 Å². The monoisotopic (exact) mass is 546 g/mol. The summed E-state index contributed by atoms with van der Waals surface area (Å²) in [5.41, 5.74) is 2.16. The Labute approximate surface area is 221 Å². The number of hydrogen-bond donors (Lipinski definition) is 1. The minimum atomic E-state index is -0.539. The Morgan fingerprint density at radius 3 is 2.56 bits per heavy atom. The minimum absolute atomic E-state index is 0.289. The van der Waals surface area contributed by atoms with Crippen LogP contribution in [0, 0.1) is 11.6 Å². The largest absolute Gasteiger partial charge is 0.493 e. The molecule has 0 spiro atoms. The molecule has 0 saturated heterocycles. The van der Waals surface area contributed by atoms with Gasteiger partial charge in [0, 0.05) is 33.2 Å². The van der Waals surface area contributed by atoms with E-state index in [1.165, 1.54) is 23.5 Å². The molecule has 9 heteroatoms. The third-order valence-corrected chi connectivity index (χ3v) is 7.71. The third-order valence-electron chi connectivity index (χ3n) is 6.08. The van der Waals surface area contributed by atoms with Crippen molar-refractivity contribution in [3.05, 3.63) is 80.3 Å². The van der Waals surface area contributed by atoms with Gasteiger partial charge in [0.25, 0.3) is 5.91 Å².